The number of benzene rings is 1. The van der Waals surface area contributed by atoms with Gasteiger partial charge in [-0.05, 0) is 31.3 Å². The summed E-state index contributed by atoms with van der Waals surface area (Å²) in [5, 5.41) is 5.91. The summed E-state index contributed by atoms with van der Waals surface area (Å²) in [6.45, 7) is 2.36. The van der Waals surface area contributed by atoms with Gasteiger partial charge in [-0.2, -0.15) is 0 Å². The highest BCUT2D eigenvalue weighted by atomic mass is 32.1. The van der Waals surface area contributed by atoms with E-state index in [0.29, 0.717) is 11.7 Å². The topological polar surface area (TPSA) is 33.3 Å². The first-order valence-electron chi connectivity index (χ1n) is 5.04. The molecule has 0 bridgehead atoms. The number of hydrogen-bond acceptors (Lipinski definition) is 2. The number of anilines is 1. The van der Waals surface area contributed by atoms with Gasteiger partial charge >= 0.3 is 0 Å². The Morgan fingerprint density at radius 2 is 1.94 bits per heavy atom. The minimum atomic E-state index is -0.653. The van der Waals surface area contributed by atoms with Crippen molar-refractivity contribution in [2.75, 3.05) is 19.0 Å². The summed E-state index contributed by atoms with van der Waals surface area (Å²) in [5.74, 6) is -1.31. The van der Waals surface area contributed by atoms with Gasteiger partial charge in [0.1, 0.15) is 11.6 Å². The molecule has 0 saturated carbocycles. The molecule has 1 atom stereocenters. The number of ether oxygens (including phenoxy) is 1. The van der Waals surface area contributed by atoms with Gasteiger partial charge in [0.15, 0.2) is 5.11 Å². The van der Waals surface area contributed by atoms with E-state index in [-0.39, 0.29) is 11.7 Å². The largest absolute Gasteiger partial charge is 0.383 e. The van der Waals surface area contributed by atoms with Crippen molar-refractivity contribution in [3.63, 3.8) is 0 Å². The smallest absolute Gasteiger partial charge is 0.171 e. The lowest BCUT2D eigenvalue weighted by molar-refractivity contribution is 0.179. The van der Waals surface area contributed by atoms with E-state index in [2.05, 4.69) is 10.6 Å². The molecule has 0 spiro atoms. The molecule has 0 radical (unpaired) electrons. The number of nitrogens with one attached hydrogen (secondary N) is 2. The van der Waals surface area contributed by atoms with Crippen molar-refractivity contribution in [1.82, 2.24) is 5.32 Å². The molecule has 2 N–H and O–H groups in total. The van der Waals surface area contributed by atoms with E-state index in [1.807, 2.05) is 6.92 Å². The van der Waals surface area contributed by atoms with E-state index in [4.69, 9.17) is 17.0 Å². The molecule has 0 aliphatic carbocycles. The molecule has 1 aromatic rings. The number of rotatable bonds is 4. The normalized spacial score (nSPS) is 12.0. The maximum atomic E-state index is 12.9. The number of halogens is 2. The standard InChI is InChI=1S/C11H14F2N2OS/c1-7(6-16-2)14-11(17)15-10-4-8(12)3-9(13)5-10/h3-5,7H,6H2,1-2H3,(H2,14,15,17). The van der Waals surface area contributed by atoms with Crippen molar-refractivity contribution >= 4 is 23.0 Å². The zero-order chi connectivity index (χ0) is 12.8. The molecule has 0 aliphatic rings. The van der Waals surface area contributed by atoms with Crippen LogP contribution in [0.1, 0.15) is 6.92 Å². The van der Waals surface area contributed by atoms with Crippen molar-refractivity contribution in [3.05, 3.63) is 29.8 Å². The molecule has 0 aromatic heterocycles. The van der Waals surface area contributed by atoms with E-state index >= 15 is 0 Å². The maximum Gasteiger partial charge on any atom is 0.171 e. The first-order chi connectivity index (χ1) is 8.01. The predicted molar refractivity (Wildman–Crippen MR) is 67.1 cm³/mol. The molecule has 0 fully saturated rings. The molecule has 3 nitrogen and oxygen atoms in total. The maximum absolute atomic E-state index is 12.9. The highest BCUT2D eigenvalue weighted by Crippen LogP contribution is 2.12. The summed E-state index contributed by atoms with van der Waals surface area (Å²) in [5.41, 5.74) is 0.268. The van der Waals surface area contributed by atoms with Crippen LogP contribution in [0.4, 0.5) is 14.5 Å². The fourth-order valence-electron chi connectivity index (χ4n) is 1.31. The minimum absolute atomic E-state index is 0.0124. The molecule has 0 saturated heterocycles. The third-order valence-corrected chi connectivity index (χ3v) is 2.13. The molecule has 0 heterocycles. The Morgan fingerprint density at radius 3 is 2.47 bits per heavy atom. The van der Waals surface area contributed by atoms with E-state index in [0.717, 1.165) is 18.2 Å². The molecule has 0 aliphatic heterocycles. The summed E-state index contributed by atoms with van der Waals surface area (Å²) < 4.78 is 30.7. The third-order valence-electron chi connectivity index (χ3n) is 1.91. The van der Waals surface area contributed by atoms with Gasteiger partial charge < -0.3 is 15.4 Å². The molecular formula is C11H14F2N2OS. The Morgan fingerprint density at radius 1 is 1.35 bits per heavy atom. The van der Waals surface area contributed by atoms with Gasteiger partial charge in [0.2, 0.25) is 0 Å². The van der Waals surface area contributed by atoms with Crippen molar-refractivity contribution in [3.8, 4) is 0 Å². The lowest BCUT2D eigenvalue weighted by atomic mass is 10.3. The van der Waals surface area contributed by atoms with Crippen LogP contribution < -0.4 is 10.6 Å². The first kappa shape index (κ1) is 13.8. The van der Waals surface area contributed by atoms with Crippen LogP contribution in [0.3, 0.4) is 0 Å². The Balaban J connectivity index is 2.56. The van der Waals surface area contributed by atoms with Crippen LogP contribution >= 0.6 is 12.2 Å². The lowest BCUT2D eigenvalue weighted by Gasteiger charge is -2.16. The monoisotopic (exact) mass is 260 g/mol. The van der Waals surface area contributed by atoms with E-state index in [9.17, 15) is 8.78 Å². The minimum Gasteiger partial charge on any atom is -0.383 e. The molecule has 1 aromatic carbocycles. The van der Waals surface area contributed by atoms with Gasteiger partial charge in [0, 0.05) is 24.9 Å². The second-order valence-corrected chi connectivity index (χ2v) is 4.02. The van der Waals surface area contributed by atoms with Crippen molar-refractivity contribution < 1.29 is 13.5 Å². The van der Waals surface area contributed by atoms with Gasteiger partial charge in [-0.3, -0.25) is 0 Å². The molecule has 1 rings (SSSR count). The average molecular weight is 260 g/mol. The molecule has 1 unspecified atom stereocenters. The molecule has 6 heteroatoms. The van der Waals surface area contributed by atoms with E-state index < -0.39 is 11.6 Å². The van der Waals surface area contributed by atoms with E-state index in [1.54, 1.807) is 7.11 Å². The van der Waals surface area contributed by atoms with E-state index in [1.165, 1.54) is 0 Å². The van der Waals surface area contributed by atoms with Gasteiger partial charge in [-0.15, -0.1) is 0 Å². The zero-order valence-corrected chi connectivity index (χ0v) is 10.4. The Labute approximate surface area is 104 Å². The van der Waals surface area contributed by atoms with Crippen LogP contribution in [0.25, 0.3) is 0 Å². The second kappa shape index (κ2) is 6.46. The highest BCUT2D eigenvalue weighted by Gasteiger charge is 2.05. The van der Waals surface area contributed by atoms with Crippen LogP contribution in [-0.2, 0) is 4.74 Å². The Kier molecular flexibility index (Phi) is 5.24. The summed E-state index contributed by atoms with van der Waals surface area (Å²) >= 11 is 4.99. The van der Waals surface area contributed by atoms with Crippen molar-refractivity contribution in [2.24, 2.45) is 0 Å². The zero-order valence-electron chi connectivity index (χ0n) is 9.59. The fraction of sp³-hybridized carbons (Fsp3) is 0.364. The van der Waals surface area contributed by atoms with Crippen LogP contribution in [0.2, 0.25) is 0 Å². The van der Waals surface area contributed by atoms with Crippen LogP contribution in [0, 0.1) is 11.6 Å². The number of hydrogen-bond donors (Lipinski definition) is 2. The molecule has 0 amide bonds. The predicted octanol–water partition coefficient (Wildman–Crippen LogP) is 2.29. The SMILES string of the molecule is COCC(C)NC(=S)Nc1cc(F)cc(F)c1. The first-order valence-corrected chi connectivity index (χ1v) is 5.44. The quantitative estimate of drug-likeness (QED) is 0.814. The molecular weight excluding hydrogens is 246 g/mol. The van der Waals surface area contributed by atoms with Gasteiger partial charge in [0.25, 0.3) is 0 Å². The Hall–Kier alpha value is -1.27. The fourth-order valence-corrected chi connectivity index (χ4v) is 1.63. The van der Waals surface area contributed by atoms with Crippen molar-refractivity contribution in [2.45, 2.75) is 13.0 Å². The third kappa shape index (κ3) is 5.06. The molecule has 94 valence electrons. The summed E-state index contributed by atoms with van der Waals surface area (Å²) in [7, 11) is 1.58. The molecule has 17 heavy (non-hydrogen) atoms. The lowest BCUT2D eigenvalue weighted by Crippen LogP contribution is -2.38. The summed E-state index contributed by atoms with van der Waals surface area (Å²) in [4.78, 5) is 0. The van der Waals surface area contributed by atoms with Crippen LogP contribution in [0.5, 0.6) is 0 Å². The van der Waals surface area contributed by atoms with Gasteiger partial charge in [-0.1, -0.05) is 0 Å². The van der Waals surface area contributed by atoms with Gasteiger partial charge in [-0.25, -0.2) is 8.78 Å². The van der Waals surface area contributed by atoms with Crippen molar-refractivity contribution in [1.29, 1.82) is 0 Å². The summed E-state index contributed by atoms with van der Waals surface area (Å²) in [6.07, 6.45) is 0. The number of thiocarbonyl (C=S) groups is 1. The highest BCUT2D eigenvalue weighted by molar-refractivity contribution is 7.80. The Bertz CT molecular complexity index is 381. The second-order valence-electron chi connectivity index (χ2n) is 3.61. The van der Waals surface area contributed by atoms with Crippen LogP contribution in [-0.4, -0.2) is 24.9 Å². The number of methoxy groups -OCH3 is 1. The van der Waals surface area contributed by atoms with Crippen LogP contribution in [0.15, 0.2) is 18.2 Å². The average Bonchev–Trinajstić information content (AvgIpc) is 2.14. The summed E-state index contributed by atoms with van der Waals surface area (Å²) in [6, 6.07) is 3.14. The van der Waals surface area contributed by atoms with Gasteiger partial charge in [0.05, 0.1) is 6.61 Å².